The van der Waals surface area contributed by atoms with Crippen molar-refractivity contribution in [2.45, 2.75) is 4.90 Å². The average molecular weight is 434 g/mol. The summed E-state index contributed by atoms with van der Waals surface area (Å²) in [5.41, 5.74) is 1.88. The fourth-order valence-corrected chi connectivity index (χ4v) is 4.10. The maximum absolute atomic E-state index is 12.5. The van der Waals surface area contributed by atoms with Gasteiger partial charge in [-0.2, -0.15) is 0 Å². The van der Waals surface area contributed by atoms with Crippen LogP contribution in [0.25, 0.3) is 6.08 Å². The molecule has 3 rings (SSSR count). The predicted octanol–water partition coefficient (Wildman–Crippen LogP) is 2.95. The number of carbonyl (C=O) groups excluding carboxylic acids is 1. The molecule has 0 aromatic heterocycles. The molecule has 0 bridgehead atoms. The molecule has 0 spiro atoms. The molecule has 1 aliphatic heterocycles. The number of amides is 1. The van der Waals surface area contributed by atoms with Gasteiger partial charge in [0.25, 0.3) is 0 Å². The molecule has 0 aliphatic carbocycles. The second-order valence-corrected chi connectivity index (χ2v) is 9.57. The van der Waals surface area contributed by atoms with Crippen LogP contribution in [0, 0.1) is 0 Å². The van der Waals surface area contributed by atoms with Crippen molar-refractivity contribution in [3.63, 3.8) is 0 Å². The van der Waals surface area contributed by atoms with E-state index in [2.05, 4.69) is 4.90 Å². The van der Waals surface area contributed by atoms with Gasteiger partial charge in [0, 0.05) is 57.1 Å². The Kier molecular flexibility index (Phi) is 6.62. The number of halogens is 1. The summed E-state index contributed by atoms with van der Waals surface area (Å²) in [5.74, 6) is -0.0502. The van der Waals surface area contributed by atoms with E-state index in [1.165, 1.54) is 24.5 Å². The Labute approximate surface area is 177 Å². The van der Waals surface area contributed by atoms with Crippen LogP contribution >= 0.6 is 11.6 Å². The van der Waals surface area contributed by atoms with Gasteiger partial charge in [-0.05, 0) is 48.0 Å². The number of hydrogen-bond acceptors (Lipinski definition) is 4. The third-order valence-corrected chi connectivity index (χ3v) is 6.94. The molecule has 1 fully saturated rings. The van der Waals surface area contributed by atoms with E-state index in [9.17, 15) is 13.2 Å². The topological polar surface area (TPSA) is 60.9 Å². The van der Waals surface area contributed by atoms with E-state index in [4.69, 9.17) is 11.6 Å². The molecule has 29 heavy (non-hydrogen) atoms. The minimum absolute atomic E-state index is 0.0502. The summed E-state index contributed by atoms with van der Waals surface area (Å²) in [6, 6.07) is 14.2. The lowest BCUT2D eigenvalue weighted by atomic mass is 10.2. The normalized spacial score (nSPS) is 15.3. The zero-order valence-electron chi connectivity index (χ0n) is 16.5. The predicted molar refractivity (Wildman–Crippen MR) is 117 cm³/mol. The number of carbonyl (C=O) groups is 1. The molecule has 2 aromatic rings. The SMILES string of the molecule is CN(C)S(=O)(=O)c1ccc(/C=C/C(=O)N2CCN(c3ccc(Cl)cc3)CC2)cc1. The molecule has 0 N–H and O–H groups in total. The number of rotatable bonds is 5. The van der Waals surface area contributed by atoms with E-state index < -0.39 is 10.0 Å². The van der Waals surface area contributed by atoms with E-state index in [1.807, 2.05) is 29.2 Å². The molecule has 1 heterocycles. The highest BCUT2D eigenvalue weighted by Gasteiger charge is 2.20. The van der Waals surface area contributed by atoms with Crippen molar-refractivity contribution in [2.24, 2.45) is 0 Å². The molecule has 0 unspecified atom stereocenters. The summed E-state index contributed by atoms with van der Waals surface area (Å²) in [5, 5.41) is 0.708. The van der Waals surface area contributed by atoms with Crippen molar-refractivity contribution < 1.29 is 13.2 Å². The molecule has 6 nitrogen and oxygen atoms in total. The maximum atomic E-state index is 12.5. The number of benzene rings is 2. The summed E-state index contributed by atoms with van der Waals surface area (Å²) in [4.78, 5) is 16.7. The van der Waals surface area contributed by atoms with Crippen LogP contribution in [-0.4, -0.2) is 63.8 Å². The van der Waals surface area contributed by atoms with Crippen LogP contribution in [0.15, 0.2) is 59.5 Å². The first-order valence-corrected chi connectivity index (χ1v) is 11.1. The Morgan fingerprint density at radius 2 is 1.55 bits per heavy atom. The minimum Gasteiger partial charge on any atom is -0.368 e. The second kappa shape index (κ2) is 8.98. The second-order valence-electron chi connectivity index (χ2n) is 6.98. The zero-order valence-corrected chi connectivity index (χ0v) is 18.0. The smallest absolute Gasteiger partial charge is 0.246 e. The fourth-order valence-electron chi connectivity index (χ4n) is 3.07. The molecule has 1 aliphatic rings. The number of nitrogens with zero attached hydrogens (tertiary/aromatic N) is 3. The van der Waals surface area contributed by atoms with Gasteiger partial charge in [-0.15, -0.1) is 0 Å². The zero-order chi connectivity index (χ0) is 21.0. The van der Waals surface area contributed by atoms with Crippen LogP contribution < -0.4 is 4.90 Å². The van der Waals surface area contributed by atoms with Crippen molar-refractivity contribution in [1.82, 2.24) is 9.21 Å². The van der Waals surface area contributed by atoms with Crippen LogP contribution in [0.3, 0.4) is 0 Å². The van der Waals surface area contributed by atoms with E-state index in [-0.39, 0.29) is 10.8 Å². The molecule has 8 heteroatoms. The summed E-state index contributed by atoms with van der Waals surface area (Å²) in [7, 11) is -0.461. The van der Waals surface area contributed by atoms with E-state index in [0.29, 0.717) is 18.1 Å². The van der Waals surface area contributed by atoms with Crippen LogP contribution in [0.2, 0.25) is 5.02 Å². The van der Waals surface area contributed by atoms with E-state index in [0.717, 1.165) is 24.3 Å². The molecular formula is C21H24ClN3O3S. The molecule has 0 atom stereocenters. The number of hydrogen-bond donors (Lipinski definition) is 0. The highest BCUT2D eigenvalue weighted by atomic mass is 35.5. The molecule has 1 saturated heterocycles. The lowest BCUT2D eigenvalue weighted by Crippen LogP contribution is -2.48. The van der Waals surface area contributed by atoms with Gasteiger partial charge in [-0.3, -0.25) is 4.79 Å². The van der Waals surface area contributed by atoms with Crippen molar-refractivity contribution in [3.8, 4) is 0 Å². The Balaban J connectivity index is 1.57. The number of sulfonamides is 1. The lowest BCUT2D eigenvalue weighted by Gasteiger charge is -2.35. The van der Waals surface area contributed by atoms with Crippen molar-refractivity contribution in [2.75, 3.05) is 45.2 Å². The Hall–Kier alpha value is -2.35. The first kappa shape index (κ1) is 21.4. The van der Waals surface area contributed by atoms with Gasteiger partial charge in [-0.25, -0.2) is 12.7 Å². The Morgan fingerprint density at radius 1 is 0.966 bits per heavy atom. The summed E-state index contributed by atoms with van der Waals surface area (Å²) >= 11 is 5.93. The van der Waals surface area contributed by atoms with Crippen molar-refractivity contribution in [1.29, 1.82) is 0 Å². The molecule has 0 saturated carbocycles. The number of anilines is 1. The monoisotopic (exact) mass is 433 g/mol. The standard InChI is InChI=1S/C21H24ClN3O3S/c1-23(2)29(27,28)20-10-3-17(4-11-20)5-12-21(26)25-15-13-24(14-16-25)19-8-6-18(22)7-9-19/h3-12H,13-16H2,1-2H3/b12-5+. The van der Waals surface area contributed by atoms with Gasteiger partial charge in [0.2, 0.25) is 15.9 Å². The van der Waals surface area contributed by atoms with Gasteiger partial charge >= 0.3 is 0 Å². The summed E-state index contributed by atoms with van der Waals surface area (Å²) in [6.45, 7) is 2.81. The van der Waals surface area contributed by atoms with E-state index >= 15 is 0 Å². The molecule has 0 radical (unpaired) electrons. The fraction of sp³-hybridized carbons (Fsp3) is 0.286. The average Bonchev–Trinajstić information content (AvgIpc) is 2.73. The first-order valence-electron chi connectivity index (χ1n) is 9.27. The third kappa shape index (κ3) is 5.18. The molecular weight excluding hydrogens is 410 g/mol. The van der Waals surface area contributed by atoms with Gasteiger partial charge < -0.3 is 9.80 Å². The Bertz CT molecular complexity index is 979. The summed E-state index contributed by atoms with van der Waals surface area (Å²) in [6.07, 6.45) is 3.24. The summed E-state index contributed by atoms with van der Waals surface area (Å²) < 4.78 is 25.4. The number of piperazine rings is 1. The van der Waals surface area contributed by atoms with Crippen molar-refractivity contribution >= 4 is 39.3 Å². The van der Waals surface area contributed by atoms with Crippen molar-refractivity contribution in [3.05, 3.63) is 65.2 Å². The largest absolute Gasteiger partial charge is 0.368 e. The maximum Gasteiger partial charge on any atom is 0.246 e. The first-order chi connectivity index (χ1) is 13.8. The van der Waals surface area contributed by atoms with Crippen LogP contribution in [-0.2, 0) is 14.8 Å². The molecule has 1 amide bonds. The van der Waals surface area contributed by atoms with Gasteiger partial charge in [0.1, 0.15) is 0 Å². The van der Waals surface area contributed by atoms with Crippen LogP contribution in [0.1, 0.15) is 5.56 Å². The van der Waals surface area contributed by atoms with E-state index in [1.54, 1.807) is 30.3 Å². The molecule has 154 valence electrons. The van der Waals surface area contributed by atoms with Crippen LogP contribution in [0.5, 0.6) is 0 Å². The van der Waals surface area contributed by atoms with Crippen LogP contribution in [0.4, 0.5) is 5.69 Å². The van der Waals surface area contributed by atoms with Gasteiger partial charge in [0.15, 0.2) is 0 Å². The third-order valence-electron chi connectivity index (χ3n) is 4.86. The molecule has 2 aromatic carbocycles. The minimum atomic E-state index is -3.45. The Morgan fingerprint density at radius 3 is 2.10 bits per heavy atom. The highest BCUT2D eigenvalue weighted by molar-refractivity contribution is 7.89. The van der Waals surface area contributed by atoms with Gasteiger partial charge in [0.05, 0.1) is 4.90 Å². The quantitative estimate of drug-likeness (QED) is 0.680. The highest BCUT2D eigenvalue weighted by Crippen LogP contribution is 2.20. The lowest BCUT2D eigenvalue weighted by molar-refractivity contribution is -0.126. The van der Waals surface area contributed by atoms with Gasteiger partial charge in [-0.1, -0.05) is 23.7 Å².